The fraction of sp³-hybridized carbons (Fsp3) is 0.182. The number of nitrogens with zero attached hydrogens (tertiary/aromatic N) is 2. The van der Waals surface area contributed by atoms with E-state index in [0.717, 1.165) is 29.0 Å². The molecule has 1 amide bonds. The molecule has 4 rings (SSSR count). The number of pyridine rings is 1. The van der Waals surface area contributed by atoms with Crippen LogP contribution in [-0.4, -0.2) is 10.9 Å². The SMILES string of the molecule is C#Cc1cccc(N(Cc2ccncc2)C(=O)[C@H]2C[C@@H]2c2ccco2)c1. The van der Waals surface area contributed by atoms with E-state index in [2.05, 4.69) is 10.9 Å². The molecule has 0 N–H and O–H groups in total. The molecule has 0 saturated heterocycles. The summed E-state index contributed by atoms with van der Waals surface area (Å²) in [5.41, 5.74) is 2.59. The lowest BCUT2D eigenvalue weighted by atomic mass is 10.1. The Morgan fingerprint density at radius 3 is 2.81 bits per heavy atom. The van der Waals surface area contributed by atoms with Crippen LogP contribution >= 0.6 is 0 Å². The summed E-state index contributed by atoms with van der Waals surface area (Å²) in [6, 6.07) is 15.2. The van der Waals surface area contributed by atoms with E-state index >= 15 is 0 Å². The van der Waals surface area contributed by atoms with Gasteiger partial charge in [-0.1, -0.05) is 12.0 Å². The molecular formula is C22H18N2O2. The molecule has 1 fully saturated rings. The summed E-state index contributed by atoms with van der Waals surface area (Å²) in [6.07, 6.45) is 11.5. The molecular weight excluding hydrogens is 324 g/mol. The van der Waals surface area contributed by atoms with Crippen molar-refractivity contribution in [2.24, 2.45) is 5.92 Å². The fourth-order valence-electron chi connectivity index (χ4n) is 3.22. The van der Waals surface area contributed by atoms with Crippen LogP contribution in [0.3, 0.4) is 0 Å². The Morgan fingerprint density at radius 1 is 1.23 bits per heavy atom. The highest BCUT2D eigenvalue weighted by molar-refractivity contribution is 5.97. The maximum absolute atomic E-state index is 13.2. The molecule has 0 aliphatic heterocycles. The highest BCUT2D eigenvalue weighted by Crippen LogP contribution is 2.49. The Bertz CT molecular complexity index is 942. The van der Waals surface area contributed by atoms with E-state index in [1.807, 2.05) is 53.4 Å². The number of hydrogen-bond acceptors (Lipinski definition) is 3. The number of furan rings is 1. The Hall–Kier alpha value is -3.32. The fourth-order valence-corrected chi connectivity index (χ4v) is 3.22. The molecule has 1 aliphatic carbocycles. The standard InChI is InChI=1S/C22H18N2O2/c1-2-16-5-3-6-18(13-16)24(15-17-8-10-23-11-9-17)22(25)20-14-19(20)21-7-4-12-26-21/h1,3-13,19-20H,14-15H2/t19-,20-/m0/s1. The third-order valence-corrected chi connectivity index (χ3v) is 4.70. The van der Waals surface area contributed by atoms with Crippen LogP contribution in [0.1, 0.15) is 29.2 Å². The lowest BCUT2D eigenvalue weighted by Crippen LogP contribution is -2.32. The number of carbonyl (C=O) groups excluding carboxylic acids is 1. The number of terminal acetylenes is 1. The van der Waals surface area contributed by atoms with Crippen LogP contribution in [0.5, 0.6) is 0 Å². The molecule has 0 radical (unpaired) electrons. The molecule has 26 heavy (non-hydrogen) atoms. The van der Waals surface area contributed by atoms with Gasteiger partial charge in [-0.3, -0.25) is 9.78 Å². The van der Waals surface area contributed by atoms with Crippen molar-refractivity contribution >= 4 is 11.6 Å². The number of benzene rings is 1. The van der Waals surface area contributed by atoms with Gasteiger partial charge in [0.25, 0.3) is 0 Å². The molecule has 2 atom stereocenters. The van der Waals surface area contributed by atoms with E-state index in [0.29, 0.717) is 6.54 Å². The predicted octanol–water partition coefficient (Wildman–Crippen LogP) is 3.99. The van der Waals surface area contributed by atoms with Crippen LogP contribution in [0, 0.1) is 18.3 Å². The summed E-state index contributed by atoms with van der Waals surface area (Å²) >= 11 is 0. The van der Waals surface area contributed by atoms with Gasteiger partial charge < -0.3 is 9.32 Å². The summed E-state index contributed by atoms with van der Waals surface area (Å²) in [5, 5.41) is 0. The second kappa shape index (κ2) is 6.89. The zero-order chi connectivity index (χ0) is 17.9. The van der Waals surface area contributed by atoms with Gasteiger partial charge in [0, 0.05) is 35.5 Å². The van der Waals surface area contributed by atoms with Crippen LogP contribution < -0.4 is 4.90 Å². The van der Waals surface area contributed by atoms with Gasteiger partial charge >= 0.3 is 0 Å². The molecule has 0 unspecified atom stereocenters. The molecule has 4 nitrogen and oxygen atoms in total. The van der Waals surface area contributed by atoms with Gasteiger partial charge in [0.1, 0.15) is 5.76 Å². The number of amides is 1. The van der Waals surface area contributed by atoms with Crippen molar-refractivity contribution in [3.8, 4) is 12.3 Å². The van der Waals surface area contributed by atoms with Crippen LogP contribution in [-0.2, 0) is 11.3 Å². The normalized spacial score (nSPS) is 18.1. The first kappa shape index (κ1) is 16.2. The average molecular weight is 342 g/mol. The number of anilines is 1. The zero-order valence-corrected chi connectivity index (χ0v) is 14.2. The van der Waals surface area contributed by atoms with Gasteiger partial charge in [-0.25, -0.2) is 0 Å². The molecule has 0 bridgehead atoms. The molecule has 1 saturated carbocycles. The molecule has 3 aromatic rings. The van der Waals surface area contributed by atoms with Gasteiger partial charge in [0.15, 0.2) is 0 Å². The van der Waals surface area contributed by atoms with Crippen LogP contribution in [0.15, 0.2) is 71.6 Å². The van der Waals surface area contributed by atoms with Crippen molar-refractivity contribution in [3.05, 3.63) is 84.1 Å². The van der Waals surface area contributed by atoms with E-state index in [9.17, 15) is 4.79 Å². The number of rotatable bonds is 5. The van der Waals surface area contributed by atoms with Gasteiger partial charge in [-0.05, 0) is 54.4 Å². The van der Waals surface area contributed by atoms with Crippen molar-refractivity contribution in [1.29, 1.82) is 0 Å². The second-order valence-corrected chi connectivity index (χ2v) is 6.44. The zero-order valence-electron chi connectivity index (χ0n) is 14.2. The Balaban J connectivity index is 1.62. The highest BCUT2D eigenvalue weighted by atomic mass is 16.3. The maximum atomic E-state index is 13.2. The molecule has 1 aromatic carbocycles. The van der Waals surface area contributed by atoms with E-state index < -0.39 is 0 Å². The quantitative estimate of drug-likeness (QED) is 0.659. The number of hydrogen-bond donors (Lipinski definition) is 0. The largest absolute Gasteiger partial charge is 0.469 e. The molecule has 1 aliphatic rings. The highest BCUT2D eigenvalue weighted by Gasteiger charge is 2.47. The Morgan fingerprint density at radius 2 is 2.08 bits per heavy atom. The van der Waals surface area contributed by atoms with Crippen molar-refractivity contribution < 1.29 is 9.21 Å². The monoisotopic (exact) mass is 342 g/mol. The molecule has 2 heterocycles. The van der Waals surface area contributed by atoms with Gasteiger partial charge in [0.05, 0.1) is 12.8 Å². The molecule has 2 aromatic heterocycles. The molecule has 0 spiro atoms. The van der Waals surface area contributed by atoms with E-state index in [-0.39, 0.29) is 17.7 Å². The van der Waals surface area contributed by atoms with Crippen LogP contribution in [0.2, 0.25) is 0 Å². The second-order valence-electron chi connectivity index (χ2n) is 6.44. The van der Waals surface area contributed by atoms with Crippen molar-refractivity contribution in [1.82, 2.24) is 4.98 Å². The van der Waals surface area contributed by atoms with Crippen LogP contribution in [0.4, 0.5) is 5.69 Å². The maximum Gasteiger partial charge on any atom is 0.231 e. The predicted molar refractivity (Wildman–Crippen MR) is 99.4 cm³/mol. The number of aromatic nitrogens is 1. The average Bonchev–Trinajstić information content (AvgIpc) is 3.31. The lowest BCUT2D eigenvalue weighted by molar-refractivity contribution is -0.120. The first-order valence-corrected chi connectivity index (χ1v) is 8.56. The minimum absolute atomic E-state index is 0.0579. The summed E-state index contributed by atoms with van der Waals surface area (Å²) in [6.45, 7) is 0.483. The third-order valence-electron chi connectivity index (χ3n) is 4.70. The summed E-state index contributed by atoms with van der Waals surface area (Å²) in [5.74, 6) is 3.71. The lowest BCUT2D eigenvalue weighted by Gasteiger charge is -2.23. The van der Waals surface area contributed by atoms with Gasteiger partial charge in [0.2, 0.25) is 5.91 Å². The topological polar surface area (TPSA) is 46.3 Å². The first-order chi connectivity index (χ1) is 12.8. The van der Waals surface area contributed by atoms with Crippen LogP contribution in [0.25, 0.3) is 0 Å². The Labute approximate surface area is 152 Å². The van der Waals surface area contributed by atoms with Crippen molar-refractivity contribution in [2.75, 3.05) is 4.90 Å². The molecule has 4 heteroatoms. The van der Waals surface area contributed by atoms with E-state index in [1.54, 1.807) is 18.7 Å². The van der Waals surface area contributed by atoms with Crippen molar-refractivity contribution in [3.63, 3.8) is 0 Å². The minimum atomic E-state index is -0.0579. The Kier molecular flexibility index (Phi) is 4.28. The third kappa shape index (κ3) is 3.25. The smallest absolute Gasteiger partial charge is 0.231 e. The van der Waals surface area contributed by atoms with E-state index in [4.69, 9.17) is 10.8 Å². The molecule has 128 valence electrons. The first-order valence-electron chi connectivity index (χ1n) is 8.56. The number of carbonyl (C=O) groups is 1. The minimum Gasteiger partial charge on any atom is -0.469 e. The van der Waals surface area contributed by atoms with Gasteiger partial charge in [-0.15, -0.1) is 6.42 Å². The summed E-state index contributed by atoms with van der Waals surface area (Å²) in [7, 11) is 0. The summed E-state index contributed by atoms with van der Waals surface area (Å²) < 4.78 is 5.47. The van der Waals surface area contributed by atoms with Crippen molar-refractivity contribution in [2.45, 2.75) is 18.9 Å². The summed E-state index contributed by atoms with van der Waals surface area (Å²) in [4.78, 5) is 19.1. The van der Waals surface area contributed by atoms with Gasteiger partial charge in [-0.2, -0.15) is 0 Å². The van der Waals surface area contributed by atoms with E-state index in [1.165, 1.54) is 0 Å².